The zero-order chi connectivity index (χ0) is 9.14. The number of nitrogens with zero attached hydrogens (tertiary/aromatic N) is 2. The van der Waals surface area contributed by atoms with Crippen molar-refractivity contribution in [1.82, 2.24) is 9.78 Å². The van der Waals surface area contributed by atoms with Crippen molar-refractivity contribution in [3.05, 3.63) is 11.9 Å². The lowest BCUT2D eigenvalue weighted by atomic mass is 10.3. The second-order valence-corrected chi connectivity index (χ2v) is 3.07. The van der Waals surface area contributed by atoms with E-state index in [1.807, 2.05) is 6.92 Å². The van der Waals surface area contributed by atoms with Crippen LogP contribution in [-0.4, -0.2) is 21.0 Å². The molecule has 68 valence electrons. The first kappa shape index (κ1) is 9.06. The van der Waals surface area contributed by atoms with Gasteiger partial charge in [0.2, 0.25) is 0 Å². The van der Waals surface area contributed by atoms with E-state index < -0.39 is 0 Å². The van der Waals surface area contributed by atoms with Crippen molar-refractivity contribution in [2.75, 3.05) is 5.73 Å². The molecule has 1 atom stereocenters. The van der Waals surface area contributed by atoms with Crippen molar-refractivity contribution in [2.24, 2.45) is 0 Å². The monoisotopic (exact) mass is 169 g/mol. The minimum Gasteiger partial charge on any atom is -0.396 e. The Balaban J connectivity index is 2.53. The maximum atomic E-state index is 9.02. The number of rotatable bonds is 3. The van der Waals surface area contributed by atoms with Crippen molar-refractivity contribution in [3.8, 4) is 0 Å². The lowest BCUT2D eigenvalue weighted by molar-refractivity contribution is 0.176. The summed E-state index contributed by atoms with van der Waals surface area (Å²) >= 11 is 0. The number of anilines is 1. The van der Waals surface area contributed by atoms with E-state index in [-0.39, 0.29) is 6.10 Å². The van der Waals surface area contributed by atoms with Crippen LogP contribution in [0.4, 0.5) is 5.69 Å². The van der Waals surface area contributed by atoms with Crippen molar-refractivity contribution >= 4 is 5.69 Å². The number of aryl methyl sites for hydroxylation is 2. The van der Waals surface area contributed by atoms with E-state index in [1.54, 1.807) is 17.8 Å². The van der Waals surface area contributed by atoms with Gasteiger partial charge in [-0.2, -0.15) is 5.10 Å². The van der Waals surface area contributed by atoms with Gasteiger partial charge in [-0.1, -0.05) is 0 Å². The summed E-state index contributed by atoms with van der Waals surface area (Å²) in [7, 11) is 0. The second kappa shape index (κ2) is 3.58. The average molecular weight is 169 g/mol. The Kier molecular flexibility index (Phi) is 2.70. The summed E-state index contributed by atoms with van der Waals surface area (Å²) in [5, 5.41) is 13.2. The van der Waals surface area contributed by atoms with E-state index >= 15 is 0 Å². The summed E-state index contributed by atoms with van der Waals surface area (Å²) in [6.45, 7) is 4.35. The zero-order valence-electron chi connectivity index (χ0n) is 7.49. The summed E-state index contributed by atoms with van der Waals surface area (Å²) < 4.78 is 1.76. The summed E-state index contributed by atoms with van der Waals surface area (Å²) in [5.41, 5.74) is 7.16. The Morgan fingerprint density at radius 1 is 1.75 bits per heavy atom. The fourth-order valence-electron chi connectivity index (χ4n) is 0.967. The molecule has 0 spiro atoms. The van der Waals surface area contributed by atoms with Crippen LogP contribution < -0.4 is 5.73 Å². The predicted molar refractivity (Wildman–Crippen MR) is 47.7 cm³/mol. The van der Waals surface area contributed by atoms with E-state index in [2.05, 4.69) is 5.10 Å². The van der Waals surface area contributed by atoms with Gasteiger partial charge in [0.15, 0.2) is 0 Å². The molecule has 0 aliphatic heterocycles. The number of aliphatic hydroxyl groups is 1. The molecule has 0 bridgehead atoms. The van der Waals surface area contributed by atoms with Crippen LogP contribution in [-0.2, 0) is 6.54 Å². The Bertz CT molecular complexity index is 235. The molecule has 1 heterocycles. The first-order valence-corrected chi connectivity index (χ1v) is 4.07. The number of aliphatic hydroxyl groups excluding tert-OH is 1. The molecule has 1 unspecified atom stereocenters. The number of aromatic nitrogens is 2. The van der Waals surface area contributed by atoms with Crippen molar-refractivity contribution in [3.63, 3.8) is 0 Å². The molecule has 0 aliphatic carbocycles. The molecule has 0 amide bonds. The maximum Gasteiger partial charge on any atom is 0.0822 e. The topological polar surface area (TPSA) is 64.1 Å². The molecule has 3 N–H and O–H groups in total. The van der Waals surface area contributed by atoms with E-state index in [0.717, 1.165) is 12.2 Å². The molecule has 4 nitrogen and oxygen atoms in total. The highest BCUT2D eigenvalue weighted by Crippen LogP contribution is 2.07. The minimum absolute atomic E-state index is 0.282. The van der Waals surface area contributed by atoms with Gasteiger partial charge in [-0.05, 0) is 20.3 Å². The van der Waals surface area contributed by atoms with Crippen LogP contribution in [0, 0.1) is 6.92 Å². The number of hydrogen-bond donors (Lipinski definition) is 2. The SMILES string of the molecule is Cc1nn(CCC(C)O)cc1N. The number of nitrogen functional groups attached to an aromatic ring is 1. The standard InChI is InChI=1S/C8H15N3O/c1-6(12)3-4-11-5-8(9)7(2)10-11/h5-6,12H,3-4,9H2,1-2H3. The Morgan fingerprint density at radius 3 is 2.83 bits per heavy atom. The smallest absolute Gasteiger partial charge is 0.0822 e. The van der Waals surface area contributed by atoms with E-state index in [0.29, 0.717) is 12.1 Å². The predicted octanol–water partition coefficient (Wildman–Crippen LogP) is 0.545. The van der Waals surface area contributed by atoms with Crippen LogP contribution in [0.3, 0.4) is 0 Å². The number of nitrogens with two attached hydrogens (primary N) is 1. The van der Waals surface area contributed by atoms with Gasteiger partial charge in [0, 0.05) is 12.7 Å². The van der Waals surface area contributed by atoms with Gasteiger partial charge < -0.3 is 10.8 Å². The molecule has 12 heavy (non-hydrogen) atoms. The van der Waals surface area contributed by atoms with Crippen molar-refractivity contribution in [1.29, 1.82) is 0 Å². The van der Waals surface area contributed by atoms with Gasteiger partial charge in [0.1, 0.15) is 0 Å². The second-order valence-electron chi connectivity index (χ2n) is 3.07. The molecule has 0 saturated carbocycles. The van der Waals surface area contributed by atoms with Crippen LogP contribution >= 0.6 is 0 Å². The van der Waals surface area contributed by atoms with Crippen LogP contribution in [0.15, 0.2) is 6.20 Å². The van der Waals surface area contributed by atoms with Gasteiger partial charge >= 0.3 is 0 Å². The molecule has 1 aromatic rings. The molecule has 0 radical (unpaired) electrons. The molecule has 0 fully saturated rings. The Labute approximate surface area is 72.0 Å². The molecule has 1 aromatic heterocycles. The summed E-state index contributed by atoms with van der Waals surface area (Å²) in [6.07, 6.45) is 2.22. The summed E-state index contributed by atoms with van der Waals surface area (Å²) in [5.74, 6) is 0. The quantitative estimate of drug-likeness (QED) is 0.694. The van der Waals surface area contributed by atoms with E-state index in [9.17, 15) is 0 Å². The van der Waals surface area contributed by atoms with Crippen molar-refractivity contribution in [2.45, 2.75) is 32.9 Å². The van der Waals surface area contributed by atoms with Crippen LogP contribution in [0.25, 0.3) is 0 Å². The zero-order valence-corrected chi connectivity index (χ0v) is 7.49. The average Bonchev–Trinajstić information content (AvgIpc) is 2.28. The van der Waals surface area contributed by atoms with Gasteiger partial charge in [-0.3, -0.25) is 4.68 Å². The van der Waals surface area contributed by atoms with Crippen LogP contribution in [0.1, 0.15) is 19.0 Å². The Hall–Kier alpha value is -1.03. The molecule has 0 saturated heterocycles. The fraction of sp³-hybridized carbons (Fsp3) is 0.625. The third kappa shape index (κ3) is 2.23. The highest BCUT2D eigenvalue weighted by Gasteiger charge is 2.01. The van der Waals surface area contributed by atoms with Crippen molar-refractivity contribution < 1.29 is 5.11 Å². The highest BCUT2D eigenvalue weighted by molar-refractivity contribution is 5.39. The van der Waals surface area contributed by atoms with Gasteiger partial charge in [0.05, 0.1) is 17.5 Å². The third-order valence-corrected chi connectivity index (χ3v) is 1.76. The highest BCUT2D eigenvalue weighted by atomic mass is 16.3. The van der Waals surface area contributed by atoms with Gasteiger partial charge in [-0.25, -0.2) is 0 Å². The summed E-state index contributed by atoms with van der Waals surface area (Å²) in [4.78, 5) is 0. The number of hydrogen-bond acceptors (Lipinski definition) is 3. The lowest BCUT2D eigenvalue weighted by Gasteiger charge is -2.02. The lowest BCUT2D eigenvalue weighted by Crippen LogP contribution is -2.07. The van der Waals surface area contributed by atoms with Crippen LogP contribution in [0.2, 0.25) is 0 Å². The maximum absolute atomic E-state index is 9.02. The third-order valence-electron chi connectivity index (χ3n) is 1.76. The van der Waals surface area contributed by atoms with Crippen LogP contribution in [0.5, 0.6) is 0 Å². The fourth-order valence-corrected chi connectivity index (χ4v) is 0.967. The van der Waals surface area contributed by atoms with Gasteiger partial charge in [0.25, 0.3) is 0 Å². The minimum atomic E-state index is -0.282. The largest absolute Gasteiger partial charge is 0.396 e. The molecular formula is C8H15N3O. The molecular weight excluding hydrogens is 154 g/mol. The molecule has 4 heteroatoms. The normalized spacial score (nSPS) is 13.2. The van der Waals surface area contributed by atoms with Gasteiger partial charge in [-0.15, -0.1) is 0 Å². The van der Waals surface area contributed by atoms with E-state index in [1.165, 1.54) is 0 Å². The van der Waals surface area contributed by atoms with E-state index in [4.69, 9.17) is 10.8 Å². The molecule has 0 aromatic carbocycles. The molecule has 1 rings (SSSR count). The molecule has 0 aliphatic rings. The summed E-state index contributed by atoms with van der Waals surface area (Å²) in [6, 6.07) is 0. The first-order chi connectivity index (χ1) is 5.59. The first-order valence-electron chi connectivity index (χ1n) is 4.07. The Morgan fingerprint density at radius 2 is 2.42 bits per heavy atom.